The smallest absolute Gasteiger partial charge is 0.311 e. The first-order valence-corrected chi connectivity index (χ1v) is 23.2. The zero-order valence-electron chi connectivity index (χ0n) is 40.3. The number of hydrogen-bond acceptors (Lipinski definition) is 16. The van der Waals surface area contributed by atoms with Gasteiger partial charge in [0.05, 0.1) is 53.7 Å². The number of esters is 1. The molecule has 0 spiro atoms. The lowest BCUT2D eigenvalue weighted by Gasteiger charge is -2.50. The number of methoxy groups -OCH3 is 2. The fourth-order valence-corrected chi connectivity index (χ4v) is 10.4. The molecule has 4 saturated heterocycles. The van der Waals surface area contributed by atoms with Crippen molar-refractivity contribution in [3.8, 4) is 0 Å². The number of ether oxygens (including phenoxy) is 8. The fourth-order valence-electron chi connectivity index (χ4n) is 10.4. The van der Waals surface area contributed by atoms with Crippen LogP contribution in [0.25, 0.3) is 0 Å². The second kappa shape index (κ2) is 22.4. The maximum atomic E-state index is 14.5. The third-order valence-corrected chi connectivity index (χ3v) is 14.7. The maximum absolute atomic E-state index is 14.5. The molecule has 0 amide bonds. The van der Waals surface area contributed by atoms with E-state index in [2.05, 4.69) is 9.80 Å². The van der Waals surface area contributed by atoms with Gasteiger partial charge >= 0.3 is 5.97 Å². The lowest BCUT2D eigenvalue weighted by Crippen LogP contribution is -2.62. The normalized spacial score (nSPS) is 45.2. The SMILES string of the molecule is CC[C@H]1OC(=O)[C@H](C)[C@@H](O[C@H]2C[C@@](C)(OC)[C@@H](O)[C@H](C)O2)[C@H](C)[C@@H](O[C@@H]2O[C@H](C)C[C@H](N(C)C)[C@H]2OCCCN2CCC(O)CC2)[C@@](C)(OC)C[C@@H](C)C(=O)[C@H](C)[C@@H](O)[C@]1(C)O. The zero-order valence-corrected chi connectivity index (χ0v) is 40.3. The van der Waals surface area contributed by atoms with Gasteiger partial charge in [-0.2, -0.15) is 0 Å². The Morgan fingerprint density at radius 1 is 0.839 bits per heavy atom. The minimum absolute atomic E-state index is 0.0886. The topological polar surface area (TPSA) is 195 Å². The number of aliphatic hydroxyl groups excluding tert-OH is 3. The first-order chi connectivity index (χ1) is 28.9. The summed E-state index contributed by atoms with van der Waals surface area (Å²) in [6.07, 6.45) is -5.71. The molecule has 0 radical (unpaired) electrons. The van der Waals surface area contributed by atoms with Gasteiger partial charge in [0.1, 0.15) is 29.7 Å². The van der Waals surface area contributed by atoms with E-state index in [1.807, 2.05) is 34.9 Å². The number of hydrogen-bond donors (Lipinski definition) is 4. The van der Waals surface area contributed by atoms with Gasteiger partial charge < -0.3 is 68.1 Å². The van der Waals surface area contributed by atoms with E-state index in [1.54, 1.807) is 48.7 Å². The highest BCUT2D eigenvalue weighted by atomic mass is 16.7. The molecule has 4 heterocycles. The summed E-state index contributed by atoms with van der Waals surface area (Å²) in [5.74, 6) is -4.38. The van der Waals surface area contributed by atoms with Crippen molar-refractivity contribution in [3.63, 3.8) is 0 Å². The van der Waals surface area contributed by atoms with Gasteiger partial charge in [0, 0.05) is 70.7 Å². The van der Waals surface area contributed by atoms with Crippen molar-refractivity contribution in [1.29, 1.82) is 0 Å². The lowest BCUT2D eigenvalue weighted by atomic mass is 9.74. The van der Waals surface area contributed by atoms with Crippen LogP contribution in [-0.2, 0) is 47.5 Å². The van der Waals surface area contributed by atoms with E-state index < -0.39 is 102 Å². The van der Waals surface area contributed by atoms with Crippen molar-refractivity contribution >= 4 is 11.8 Å². The van der Waals surface area contributed by atoms with Crippen molar-refractivity contribution in [2.75, 3.05) is 54.6 Å². The van der Waals surface area contributed by atoms with Crippen molar-refractivity contribution in [2.24, 2.45) is 23.7 Å². The molecule has 0 unspecified atom stereocenters. The third-order valence-electron chi connectivity index (χ3n) is 14.7. The molecule has 0 saturated carbocycles. The molecule has 0 aromatic carbocycles. The number of Topliss-reactive ketones (excluding diaryl/α,β-unsaturated/α-hetero) is 1. The Morgan fingerprint density at radius 3 is 2.05 bits per heavy atom. The molecule has 4 rings (SSSR count). The Balaban J connectivity index is 1.81. The number of carbonyl (C=O) groups is 2. The molecule has 4 aliphatic rings. The fraction of sp³-hybridized carbons (Fsp3) is 0.957. The standard InChI is InChI=1S/C46H84N2O14/c1-15-34-46(10,54)39(51)28(4)36(50)26(2)24-45(9,56-14)41(29(5)37(30(6)42(53)60-34)61-35-25-44(8,55-13)40(52)31(7)59-35)62-43-38(33(47(11)12)23-27(3)58-43)57-22-16-19-48-20-17-32(49)18-21-48/h26-35,37-41,43,49,51-52,54H,15-25H2,1-14H3/t26-,27-,28+,29+,30-,31+,33+,34-,35+,37+,38-,39-,40+,41-,43+,44-,45+,46-/m1/s1. The first-order valence-electron chi connectivity index (χ1n) is 23.2. The van der Waals surface area contributed by atoms with E-state index in [4.69, 9.17) is 37.9 Å². The van der Waals surface area contributed by atoms with Crippen LogP contribution in [0.1, 0.15) is 114 Å². The molecular weight excluding hydrogens is 805 g/mol. The van der Waals surface area contributed by atoms with Gasteiger partial charge in [-0.3, -0.25) is 9.59 Å². The second-order valence-electron chi connectivity index (χ2n) is 19.9. The van der Waals surface area contributed by atoms with E-state index in [0.29, 0.717) is 13.0 Å². The quantitative estimate of drug-likeness (QED) is 0.155. The number of cyclic esters (lactones) is 1. The molecule has 0 bridgehead atoms. The third kappa shape index (κ3) is 12.3. The predicted octanol–water partition coefficient (Wildman–Crippen LogP) is 3.31. The van der Waals surface area contributed by atoms with Crippen molar-refractivity contribution in [1.82, 2.24) is 9.80 Å². The van der Waals surface area contributed by atoms with Gasteiger partial charge in [-0.25, -0.2) is 0 Å². The van der Waals surface area contributed by atoms with Crippen LogP contribution in [0.5, 0.6) is 0 Å². The predicted molar refractivity (Wildman–Crippen MR) is 231 cm³/mol. The molecule has 4 fully saturated rings. The summed E-state index contributed by atoms with van der Waals surface area (Å²) in [5, 5.41) is 44.5. The van der Waals surface area contributed by atoms with Crippen LogP contribution in [0.2, 0.25) is 0 Å². The minimum atomic E-state index is -1.97. The van der Waals surface area contributed by atoms with Gasteiger partial charge in [-0.1, -0.05) is 27.7 Å². The second-order valence-corrected chi connectivity index (χ2v) is 19.9. The van der Waals surface area contributed by atoms with E-state index in [9.17, 15) is 30.0 Å². The lowest BCUT2D eigenvalue weighted by molar-refractivity contribution is -0.322. The number of ketones is 1. The average molecular weight is 889 g/mol. The summed E-state index contributed by atoms with van der Waals surface area (Å²) in [5.41, 5.74) is -4.24. The summed E-state index contributed by atoms with van der Waals surface area (Å²) in [6.45, 7) is 20.4. The molecule has 62 heavy (non-hydrogen) atoms. The Bertz CT molecular complexity index is 1420. The molecule has 16 heteroatoms. The number of nitrogens with zero attached hydrogens (tertiary/aromatic N) is 2. The number of piperidine rings is 1. The molecule has 0 aliphatic carbocycles. The van der Waals surface area contributed by atoms with Crippen LogP contribution >= 0.6 is 0 Å². The highest BCUT2D eigenvalue weighted by Crippen LogP contribution is 2.42. The van der Waals surface area contributed by atoms with E-state index >= 15 is 0 Å². The highest BCUT2D eigenvalue weighted by Gasteiger charge is 2.54. The van der Waals surface area contributed by atoms with Crippen LogP contribution in [0, 0.1) is 23.7 Å². The Labute approximate surface area is 371 Å². The molecule has 4 aliphatic heterocycles. The summed E-state index contributed by atoms with van der Waals surface area (Å²) in [7, 11) is 7.10. The average Bonchev–Trinajstić information content (AvgIpc) is 3.23. The molecule has 18 atom stereocenters. The van der Waals surface area contributed by atoms with Crippen LogP contribution in [0.3, 0.4) is 0 Å². The number of rotatable bonds is 13. The van der Waals surface area contributed by atoms with E-state index in [-0.39, 0.29) is 43.3 Å². The molecular formula is C46H84N2O14. The van der Waals surface area contributed by atoms with Gasteiger partial charge in [-0.15, -0.1) is 0 Å². The Kier molecular flexibility index (Phi) is 19.2. The van der Waals surface area contributed by atoms with Crippen LogP contribution in [-0.4, -0.2) is 187 Å². The molecule has 362 valence electrons. The van der Waals surface area contributed by atoms with Crippen molar-refractivity contribution < 1.29 is 67.9 Å². The zero-order chi connectivity index (χ0) is 46.5. The largest absolute Gasteiger partial charge is 0.459 e. The summed E-state index contributed by atoms with van der Waals surface area (Å²) in [6, 6.07) is -0.0886. The van der Waals surface area contributed by atoms with Gasteiger partial charge in [0.25, 0.3) is 0 Å². The Morgan fingerprint density at radius 2 is 1.47 bits per heavy atom. The summed E-state index contributed by atoms with van der Waals surface area (Å²) < 4.78 is 52.2. The first kappa shape index (κ1) is 53.2. The van der Waals surface area contributed by atoms with E-state index in [0.717, 1.165) is 38.9 Å². The summed E-state index contributed by atoms with van der Waals surface area (Å²) >= 11 is 0. The molecule has 16 nitrogen and oxygen atoms in total. The number of likely N-dealkylation sites (tertiary alicyclic amines) is 1. The molecule has 4 N–H and O–H groups in total. The molecule has 0 aromatic heterocycles. The number of likely N-dealkylation sites (N-methyl/N-ethyl adjacent to an activating group) is 1. The van der Waals surface area contributed by atoms with Crippen LogP contribution < -0.4 is 0 Å². The van der Waals surface area contributed by atoms with Crippen molar-refractivity contribution in [2.45, 2.75) is 205 Å². The molecule has 0 aromatic rings. The summed E-state index contributed by atoms with van der Waals surface area (Å²) in [4.78, 5) is 33.2. The van der Waals surface area contributed by atoms with Gasteiger partial charge in [0.15, 0.2) is 12.6 Å². The highest BCUT2D eigenvalue weighted by molar-refractivity contribution is 5.83. The monoisotopic (exact) mass is 889 g/mol. The number of carbonyl (C=O) groups excluding carboxylic acids is 2. The maximum Gasteiger partial charge on any atom is 0.311 e. The van der Waals surface area contributed by atoms with Crippen LogP contribution in [0.15, 0.2) is 0 Å². The van der Waals surface area contributed by atoms with Gasteiger partial charge in [-0.05, 0) is 94.2 Å². The van der Waals surface area contributed by atoms with E-state index in [1.165, 1.54) is 14.0 Å². The Hall–Kier alpha value is -1.38. The van der Waals surface area contributed by atoms with Gasteiger partial charge in [0.2, 0.25) is 0 Å². The van der Waals surface area contributed by atoms with Crippen molar-refractivity contribution in [3.05, 3.63) is 0 Å². The minimum Gasteiger partial charge on any atom is -0.459 e. The van der Waals surface area contributed by atoms with Crippen LogP contribution in [0.4, 0.5) is 0 Å². The number of aliphatic hydroxyl groups is 4.